The summed E-state index contributed by atoms with van der Waals surface area (Å²) in [6.45, 7) is 0. The summed E-state index contributed by atoms with van der Waals surface area (Å²) in [5, 5.41) is 4.88. The van der Waals surface area contributed by atoms with E-state index in [0.717, 1.165) is 28.1 Å². The van der Waals surface area contributed by atoms with Gasteiger partial charge < -0.3 is 0 Å². The van der Waals surface area contributed by atoms with E-state index in [0.29, 0.717) is 5.95 Å². The molecule has 0 N–H and O–H groups in total. The predicted octanol–water partition coefficient (Wildman–Crippen LogP) is 10.1. The third kappa shape index (κ3) is 4.29. The topological polar surface area (TPSA) is 30.7 Å². The Labute approximate surface area is 240 Å². The fourth-order valence-electron chi connectivity index (χ4n) is 6.70. The number of para-hydroxylation sites is 1. The van der Waals surface area contributed by atoms with Crippen molar-refractivity contribution in [2.75, 3.05) is 0 Å². The van der Waals surface area contributed by atoms with Gasteiger partial charge in [0.2, 0.25) is 5.95 Å². The van der Waals surface area contributed by atoms with Crippen LogP contribution in [0.1, 0.15) is 43.6 Å². The van der Waals surface area contributed by atoms with Crippen molar-refractivity contribution in [3.05, 3.63) is 127 Å². The van der Waals surface area contributed by atoms with Gasteiger partial charge in [-0.15, -0.1) is 0 Å². The first-order chi connectivity index (χ1) is 20.3. The average molecular weight is 530 g/mol. The molecule has 0 aliphatic heterocycles. The lowest BCUT2D eigenvalue weighted by Gasteiger charge is -2.22. The van der Waals surface area contributed by atoms with Crippen molar-refractivity contribution in [2.45, 2.75) is 38.0 Å². The van der Waals surface area contributed by atoms with E-state index in [9.17, 15) is 0 Å². The largest absolute Gasteiger partial charge is 0.278 e. The van der Waals surface area contributed by atoms with Gasteiger partial charge in [-0.05, 0) is 70.0 Å². The Balaban J connectivity index is 1.10. The van der Waals surface area contributed by atoms with Crippen LogP contribution in [0.4, 0.5) is 0 Å². The van der Waals surface area contributed by atoms with E-state index in [1.807, 2.05) is 12.4 Å². The van der Waals surface area contributed by atoms with Gasteiger partial charge in [0.05, 0.1) is 11.0 Å². The van der Waals surface area contributed by atoms with Gasteiger partial charge in [0.1, 0.15) is 0 Å². The molecule has 0 radical (unpaired) electrons. The lowest BCUT2D eigenvalue weighted by atomic mass is 9.83. The first-order valence-electron chi connectivity index (χ1n) is 14.8. The van der Waals surface area contributed by atoms with Gasteiger partial charge in [-0.2, -0.15) is 0 Å². The molecular formula is C38H31N3. The minimum absolute atomic E-state index is 0.685. The maximum absolute atomic E-state index is 4.86. The Morgan fingerprint density at radius 3 is 1.80 bits per heavy atom. The molecular weight excluding hydrogens is 498 g/mol. The third-order valence-electron chi connectivity index (χ3n) is 8.92. The zero-order valence-corrected chi connectivity index (χ0v) is 23.0. The first-order valence-corrected chi connectivity index (χ1v) is 14.8. The molecule has 0 saturated heterocycles. The summed E-state index contributed by atoms with van der Waals surface area (Å²) >= 11 is 0. The van der Waals surface area contributed by atoms with Crippen LogP contribution in [-0.2, 0) is 0 Å². The molecule has 41 heavy (non-hydrogen) atoms. The van der Waals surface area contributed by atoms with Crippen LogP contribution in [0.15, 0.2) is 122 Å². The summed E-state index contributed by atoms with van der Waals surface area (Å²) < 4.78 is 2.18. The molecule has 5 aromatic carbocycles. The zero-order valence-electron chi connectivity index (χ0n) is 23.0. The van der Waals surface area contributed by atoms with Crippen LogP contribution in [0.25, 0.3) is 60.8 Å². The number of aromatic nitrogens is 3. The van der Waals surface area contributed by atoms with E-state index < -0.39 is 0 Å². The van der Waals surface area contributed by atoms with Gasteiger partial charge in [0, 0.05) is 28.7 Å². The number of hydrogen-bond donors (Lipinski definition) is 0. The summed E-state index contributed by atoms with van der Waals surface area (Å²) in [6.07, 6.45) is 10.7. The van der Waals surface area contributed by atoms with E-state index in [4.69, 9.17) is 9.97 Å². The minimum Gasteiger partial charge on any atom is -0.278 e. The lowest BCUT2D eigenvalue weighted by Crippen LogP contribution is -2.04. The third-order valence-corrected chi connectivity index (χ3v) is 8.92. The summed E-state index contributed by atoms with van der Waals surface area (Å²) in [5.74, 6) is 1.43. The molecule has 1 fully saturated rings. The second-order valence-electron chi connectivity index (χ2n) is 11.4. The Morgan fingerprint density at radius 2 is 1.10 bits per heavy atom. The highest BCUT2D eigenvalue weighted by Crippen LogP contribution is 2.35. The molecule has 2 heterocycles. The monoisotopic (exact) mass is 529 g/mol. The average Bonchev–Trinajstić information content (AvgIpc) is 3.37. The number of nitrogens with zero attached hydrogens (tertiary/aromatic N) is 3. The van der Waals surface area contributed by atoms with E-state index in [2.05, 4.69) is 114 Å². The van der Waals surface area contributed by atoms with Crippen molar-refractivity contribution in [1.82, 2.24) is 14.5 Å². The molecule has 3 heteroatoms. The van der Waals surface area contributed by atoms with Crippen molar-refractivity contribution in [3.63, 3.8) is 0 Å². The quantitative estimate of drug-likeness (QED) is 0.227. The molecule has 3 nitrogen and oxygen atoms in total. The Bertz CT molecular complexity index is 1990. The van der Waals surface area contributed by atoms with Gasteiger partial charge in [0.25, 0.3) is 0 Å². The highest BCUT2D eigenvalue weighted by atomic mass is 15.1. The number of fused-ring (bicyclic) bond motifs is 4. The minimum atomic E-state index is 0.685. The lowest BCUT2D eigenvalue weighted by molar-refractivity contribution is 0.443. The van der Waals surface area contributed by atoms with Crippen LogP contribution in [0, 0.1) is 0 Å². The van der Waals surface area contributed by atoms with E-state index in [1.54, 1.807) is 0 Å². The molecule has 0 unspecified atom stereocenters. The maximum Gasteiger partial charge on any atom is 0.234 e. The summed E-state index contributed by atoms with van der Waals surface area (Å²) in [4.78, 5) is 9.73. The highest BCUT2D eigenvalue weighted by Gasteiger charge is 2.16. The molecule has 8 rings (SSSR count). The number of rotatable bonds is 4. The van der Waals surface area contributed by atoms with E-state index in [1.165, 1.54) is 70.3 Å². The van der Waals surface area contributed by atoms with Crippen LogP contribution >= 0.6 is 0 Å². The van der Waals surface area contributed by atoms with Gasteiger partial charge in [-0.1, -0.05) is 110 Å². The Morgan fingerprint density at radius 1 is 0.512 bits per heavy atom. The Hall–Kier alpha value is -4.76. The molecule has 2 aromatic heterocycles. The molecule has 1 saturated carbocycles. The summed E-state index contributed by atoms with van der Waals surface area (Å²) in [6, 6.07) is 39.6. The van der Waals surface area contributed by atoms with Crippen molar-refractivity contribution in [3.8, 4) is 28.2 Å². The molecule has 7 aromatic rings. The fraction of sp³-hybridized carbons (Fsp3) is 0.158. The molecule has 198 valence electrons. The normalized spacial score (nSPS) is 14.2. The molecule has 0 bridgehead atoms. The molecule has 0 atom stereocenters. The number of hydrogen-bond acceptors (Lipinski definition) is 2. The zero-order chi connectivity index (χ0) is 27.2. The van der Waals surface area contributed by atoms with Gasteiger partial charge >= 0.3 is 0 Å². The van der Waals surface area contributed by atoms with Gasteiger partial charge in [0.15, 0.2) is 0 Å². The molecule has 0 spiro atoms. The molecule has 0 amide bonds. The smallest absolute Gasteiger partial charge is 0.234 e. The number of benzene rings is 5. The van der Waals surface area contributed by atoms with Crippen molar-refractivity contribution in [2.24, 2.45) is 0 Å². The maximum atomic E-state index is 4.86. The van der Waals surface area contributed by atoms with Crippen molar-refractivity contribution in [1.29, 1.82) is 0 Å². The molecule has 1 aliphatic rings. The summed E-state index contributed by atoms with van der Waals surface area (Å²) in [7, 11) is 0. The van der Waals surface area contributed by atoms with E-state index >= 15 is 0 Å². The van der Waals surface area contributed by atoms with Crippen LogP contribution in [0.3, 0.4) is 0 Å². The van der Waals surface area contributed by atoms with Crippen molar-refractivity contribution < 1.29 is 0 Å². The second-order valence-corrected chi connectivity index (χ2v) is 11.4. The second kappa shape index (κ2) is 10.0. The van der Waals surface area contributed by atoms with Crippen LogP contribution in [0.5, 0.6) is 0 Å². The van der Waals surface area contributed by atoms with Gasteiger partial charge in [-0.3, -0.25) is 4.57 Å². The standard InChI is InChI=1S/C38H31N3/c1-2-8-26(9-3-1)27-14-16-28(17-15-27)29-18-20-30(21-19-29)33-24-39-38(40-25-33)41-36-13-7-6-12-34(36)35-22-31-10-4-5-11-32(31)23-37(35)41/h4-7,10-26H,1-3,8-9H2. The van der Waals surface area contributed by atoms with Crippen LogP contribution in [0.2, 0.25) is 0 Å². The van der Waals surface area contributed by atoms with Crippen LogP contribution in [-0.4, -0.2) is 14.5 Å². The fourth-order valence-corrected chi connectivity index (χ4v) is 6.70. The highest BCUT2D eigenvalue weighted by molar-refractivity contribution is 6.13. The molecule has 1 aliphatic carbocycles. The van der Waals surface area contributed by atoms with Gasteiger partial charge in [-0.25, -0.2) is 9.97 Å². The van der Waals surface area contributed by atoms with Crippen LogP contribution < -0.4 is 0 Å². The summed E-state index contributed by atoms with van der Waals surface area (Å²) in [5.41, 5.74) is 8.37. The predicted molar refractivity (Wildman–Crippen MR) is 171 cm³/mol. The van der Waals surface area contributed by atoms with E-state index in [-0.39, 0.29) is 0 Å². The first kappa shape index (κ1) is 24.1. The van der Waals surface area contributed by atoms with Crippen molar-refractivity contribution >= 4 is 32.6 Å². The SMILES string of the molecule is c1ccc2cc3c(cc2c1)c1ccccc1n3-c1ncc(-c2ccc(-c3ccc(C4CCCCC4)cc3)cc2)cn1. The Kier molecular flexibility index (Phi) is 5.88.